The van der Waals surface area contributed by atoms with Crippen molar-refractivity contribution < 1.29 is 20.5 Å². The van der Waals surface area contributed by atoms with E-state index in [9.17, 15) is 0 Å². The Morgan fingerprint density at radius 3 is 2.71 bits per heavy atom. The van der Waals surface area contributed by atoms with E-state index >= 15 is 0 Å². The summed E-state index contributed by atoms with van der Waals surface area (Å²) in [4.78, 5) is 0. The average molecular weight is 237 g/mol. The summed E-state index contributed by atoms with van der Waals surface area (Å²) in [6.07, 6.45) is 0. The Labute approximate surface area is 64.9 Å². The molecular formula is CH3MoNOS3. The van der Waals surface area contributed by atoms with Gasteiger partial charge in [0.25, 0.3) is 0 Å². The normalized spacial score (nSPS) is 8.71. The van der Waals surface area contributed by atoms with Crippen LogP contribution in [-0.4, -0.2) is 4.32 Å². The van der Waals surface area contributed by atoms with E-state index in [1.54, 1.807) is 0 Å². The molecule has 0 aliphatic heterocycles. The molecule has 0 radical (unpaired) electrons. The van der Waals surface area contributed by atoms with Crippen molar-refractivity contribution in [2.45, 2.75) is 0 Å². The molecule has 0 atom stereocenters. The number of thiol groups is 1. The van der Waals surface area contributed by atoms with E-state index in [1.807, 2.05) is 0 Å². The Kier molecular flexibility index (Phi) is 6.33. The summed E-state index contributed by atoms with van der Waals surface area (Å²) in [5.74, 6) is 0. The van der Waals surface area contributed by atoms with Crippen molar-refractivity contribution in [1.82, 2.24) is 0 Å². The molecule has 0 unspecified atom stereocenters. The van der Waals surface area contributed by atoms with E-state index in [0.29, 0.717) is 4.32 Å². The van der Waals surface area contributed by atoms with Crippen molar-refractivity contribution in [3.05, 3.63) is 0 Å². The molecule has 0 saturated heterocycles. The second kappa shape index (κ2) is 5.38. The molecule has 0 spiro atoms. The summed E-state index contributed by atoms with van der Waals surface area (Å²) in [6.45, 7) is 0. The first-order valence-corrected chi connectivity index (χ1v) is 6.01. The van der Waals surface area contributed by atoms with Gasteiger partial charge in [-0.2, -0.15) is 0 Å². The number of nitrogens with two attached hydrogens (primary N) is 1. The van der Waals surface area contributed by atoms with E-state index in [2.05, 4.69) is 28.0 Å². The molecule has 0 rings (SSSR count). The van der Waals surface area contributed by atoms with E-state index in [1.165, 1.54) is 9.47 Å². The third kappa shape index (κ3) is 7.24. The summed E-state index contributed by atoms with van der Waals surface area (Å²) in [5.41, 5.74) is 5.09. The SMILES string of the molecule is NC(=S)[S][Mo][O]S. The van der Waals surface area contributed by atoms with Gasteiger partial charge in [0.2, 0.25) is 0 Å². The second-order valence-corrected chi connectivity index (χ2v) is 5.47. The Morgan fingerprint density at radius 2 is 2.57 bits per heavy atom. The zero-order valence-corrected chi connectivity index (χ0v) is 7.69. The van der Waals surface area contributed by atoms with Crippen molar-refractivity contribution in [2.24, 2.45) is 5.73 Å². The van der Waals surface area contributed by atoms with Gasteiger partial charge in [0, 0.05) is 0 Å². The summed E-state index contributed by atoms with van der Waals surface area (Å²) < 4.78 is 4.91. The summed E-state index contributed by atoms with van der Waals surface area (Å²) >= 11 is 7.49. The molecular weight excluding hydrogens is 234 g/mol. The average Bonchev–Trinajstić information content (AvgIpc) is 1.61. The predicted molar refractivity (Wildman–Crippen MR) is 34.4 cm³/mol. The van der Waals surface area contributed by atoms with Gasteiger partial charge in [-0.05, 0) is 0 Å². The summed E-state index contributed by atoms with van der Waals surface area (Å²) in [6, 6.07) is 0. The first kappa shape index (κ1) is 8.24. The van der Waals surface area contributed by atoms with Crippen LogP contribution in [0.5, 0.6) is 0 Å². The fourth-order valence-corrected chi connectivity index (χ4v) is 1.90. The van der Waals surface area contributed by atoms with Crippen LogP contribution in [0.1, 0.15) is 0 Å². The van der Waals surface area contributed by atoms with E-state index in [4.69, 9.17) is 5.73 Å². The van der Waals surface area contributed by atoms with Gasteiger partial charge in [0.1, 0.15) is 0 Å². The van der Waals surface area contributed by atoms with Crippen LogP contribution in [0.15, 0.2) is 0 Å². The quantitative estimate of drug-likeness (QED) is 0.321. The van der Waals surface area contributed by atoms with E-state index in [0.717, 1.165) is 0 Å². The van der Waals surface area contributed by atoms with Gasteiger partial charge < -0.3 is 0 Å². The maximum atomic E-state index is 5.09. The zero-order chi connectivity index (χ0) is 5.70. The Bertz CT molecular complexity index is 68.0. The first-order chi connectivity index (χ1) is 3.27. The van der Waals surface area contributed by atoms with Crippen molar-refractivity contribution >= 4 is 38.9 Å². The molecule has 0 aliphatic carbocycles. The van der Waals surface area contributed by atoms with Crippen molar-refractivity contribution in [3.8, 4) is 0 Å². The molecule has 0 amide bonds. The van der Waals surface area contributed by atoms with E-state index < -0.39 is 17.7 Å². The van der Waals surface area contributed by atoms with Crippen LogP contribution in [0.2, 0.25) is 0 Å². The predicted octanol–water partition coefficient (Wildman–Crippen LogP) is 0.737. The number of hydrogen-bond acceptors (Lipinski definition) is 4. The molecule has 0 heterocycles. The third-order valence-electron chi connectivity index (χ3n) is 0.147. The molecule has 0 aromatic rings. The van der Waals surface area contributed by atoms with Crippen LogP contribution in [0, 0.1) is 0 Å². The first-order valence-electron chi connectivity index (χ1n) is 1.21. The van der Waals surface area contributed by atoms with Gasteiger partial charge in [-0.1, -0.05) is 0 Å². The minimum absolute atomic E-state index is 0.441. The topological polar surface area (TPSA) is 35.2 Å². The van der Waals surface area contributed by atoms with Gasteiger partial charge >= 0.3 is 65.1 Å². The number of hydrogen-bond donors (Lipinski definition) is 2. The number of thiocarbonyl (C=S) groups is 1. The third-order valence-corrected chi connectivity index (χ3v) is 4.89. The molecule has 0 saturated carbocycles. The van der Waals surface area contributed by atoms with Crippen LogP contribution in [0.3, 0.4) is 0 Å². The van der Waals surface area contributed by atoms with Crippen molar-refractivity contribution in [2.75, 3.05) is 0 Å². The van der Waals surface area contributed by atoms with Crippen LogP contribution < -0.4 is 5.73 Å². The monoisotopic (exact) mass is 239 g/mol. The fraction of sp³-hybridized carbons (Fsp3) is 0. The standard InChI is InChI=1S/CH3NS2.Mo.H2OS/c2-1(3)4;;1-2/h(H3,2,3,4);;1-2H/q;+2;/p-2. The van der Waals surface area contributed by atoms with Crippen LogP contribution in [0.25, 0.3) is 0 Å². The van der Waals surface area contributed by atoms with Crippen molar-refractivity contribution in [3.63, 3.8) is 0 Å². The van der Waals surface area contributed by atoms with Crippen LogP contribution >= 0.6 is 34.6 Å². The Hall–Kier alpha value is 1.24. The van der Waals surface area contributed by atoms with Crippen LogP contribution in [0.4, 0.5) is 0 Å². The number of rotatable bonds is 2. The van der Waals surface area contributed by atoms with Gasteiger partial charge in [-0.15, -0.1) is 0 Å². The molecule has 0 fully saturated rings. The Balaban J connectivity index is 2.82. The molecule has 0 aromatic carbocycles. The van der Waals surface area contributed by atoms with E-state index in [-0.39, 0.29) is 0 Å². The zero-order valence-electron chi connectivity index (χ0n) is 3.16. The molecule has 2 nitrogen and oxygen atoms in total. The summed E-state index contributed by atoms with van der Waals surface area (Å²) in [7, 11) is 1.37. The van der Waals surface area contributed by atoms with Gasteiger partial charge in [0.05, 0.1) is 0 Å². The molecule has 0 bridgehead atoms. The molecule has 0 aromatic heterocycles. The second-order valence-electron chi connectivity index (χ2n) is 0.545. The van der Waals surface area contributed by atoms with Gasteiger partial charge in [-0.25, -0.2) is 0 Å². The molecule has 0 aliphatic rings. The fourth-order valence-electron chi connectivity index (χ4n) is 0.0487. The Morgan fingerprint density at radius 1 is 2.00 bits per heavy atom. The molecule has 6 heteroatoms. The van der Waals surface area contributed by atoms with Gasteiger partial charge in [-0.3, -0.25) is 0 Å². The summed E-state index contributed by atoms with van der Waals surface area (Å²) in [5, 5.41) is 0. The minimum atomic E-state index is -0.545. The van der Waals surface area contributed by atoms with Crippen LogP contribution in [-0.2, 0) is 20.5 Å². The molecule has 2 N–H and O–H groups in total. The molecule has 42 valence electrons. The maximum absolute atomic E-state index is 5.09. The van der Waals surface area contributed by atoms with Crippen molar-refractivity contribution in [1.29, 1.82) is 0 Å². The molecule has 7 heavy (non-hydrogen) atoms. The van der Waals surface area contributed by atoms with Gasteiger partial charge in [0.15, 0.2) is 0 Å².